The average molecular weight is 279 g/mol. The summed E-state index contributed by atoms with van der Waals surface area (Å²) in [6, 6.07) is 0. The van der Waals surface area contributed by atoms with Crippen molar-refractivity contribution in [1.82, 2.24) is 0 Å². The van der Waals surface area contributed by atoms with E-state index in [1.165, 1.54) is 0 Å². The molecule has 0 aliphatic rings. The van der Waals surface area contributed by atoms with Crippen LogP contribution in [0.5, 0.6) is 0 Å². The van der Waals surface area contributed by atoms with Gasteiger partial charge < -0.3 is 35.4 Å². The number of hydrogen-bond donors (Lipinski definition) is 6. The maximum atomic E-state index is 9.90. The molecule has 6 N–H and O–H groups in total. The Morgan fingerprint density at radius 3 is 1.76 bits per heavy atom. The van der Waals surface area contributed by atoms with E-state index >= 15 is 0 Å². The molecule has 0 aromatic heterocycles. The fourth-order valence-electron chi connectivity index (χ4n) is 0.618. The molecule has 0 aromatic carbocycles. The number of aldehydes is 1. The first kappa shape index (κ1) is 22.7. The van der Waals surface area contributed by atoms with Crippen LogP contribution in [-0.4, -0.2) is 125 Å². The number of hydrogen-bond acceptors (Lipinski definition) is 7. The van der Waals surface area contributed by atoms with Crippen molar-refractivity contribution in [3.8, 4) is 0 Å². The molecule has 0 aromatic rings. The number of carbonyl (C=O) groups excluding carboxylic acids is 1. The largest absolute Gasteiger partial charge is 0.481 e. The zero-order valence-electron chi connectivity index (χ0n) is 9.59. The summed E-state index contributed by atoms with van der Waals surface area (Å²) in [5.41, 5.74) is 0. The Morgan fingerprint density at radius 2 is 1.53 bits per heavy atom. The number of aliphatic carboxylic acids is 1. The van der Waals surface area contributed by atoms with Crippen molar-refractivity contribution in [3.05, 3.63) is 0 Å². The molecule has 0 aliphatic heterocycles. The van der Waals surface area contributed by atoms with E-state index in [1.54, 1.807) is 0 Å². The Bertz CT molecular complexity index is 208. The monoisotopic (exact) mass is 279 g/mol. The minimum Gasteiger partial charge on any atom is -0.481 e. The fourth-order valence-corrected chi connectivity index (χ4v) is 0.618. The second-order valence-electron chi connectivity index (χ2n) is 2.88. The number of rotatable bonds is 5. The molecule has 4 atom stereocenters. The molecule has 8 nitrogen and oxygen atoms in total. The summed E-state index contributed by atoms with van der Waals surface area (Å²) in [4.78, 5) is 18.9. The van der Waals surface area contributed by atoms with Gasteiger partial charge in [-0.3, -0.25) is 4.79 Å². The van der Waals surface area contributed by atoms with E-state index in [4.69, 9.17) is 35.4 Å². The van der Waals surface area contributed by atoms with Gasteiger partial charge >= 0.3 is 0 Å². The maximum Gasteiger partial charge on any atom is 0.300 e. The molecule has 0 amide bonds. The molecule has 17 heavy (non-hydrogen) atoms. The van der Waals surface area contributed by atoms with Gasteiger partial charge in [-0.05, 0) is 0 Å². The van der Waals surface area contributed by atoms with Gasteiger partial charge in [0, 0.05) is 58.3 Å². The molecule has 0 spiro atoms. The number of carboxylic acids is 1. The number of aliphatic hydroxyl groups excluding tert-OH is 5. The van der Waals surface area contributed by atoms with Crippen LogP contribution in [0.15, 0.2) is 0 Å². The van der Waals surface area contributed by atoms with Gasteiger partial charge in [0.05, 0.1) is 6.61 Å². The Hall–Kier alpha value is 0.576. The third-order valence-corrected chi connectivity index (χ3v) is 1.42. The van der Waals surface area contributed by atoms with Gasteiger partial charge in [0.25, 0.3) is 5.97 Å². The third-order valence-electron chi connectivity index (χ3n) is 1.42. The molecule has 0 saturated heterocycles. The van der Waals surface area contributed by atoms with Crippen molar-refractivity contribution in [1.29, 1.82) is 0 Å². The van der Waals surface area contributed by atoms with Gasteiger partial charge in [0.1, 0.15) is 24.4 Å². The number of carboxylic acid groups (broad SMARTS) is 1. The van der Waals surface area contributed by atoms with Crippen LogP contribution >= 0.6 is 0 Å². The summed E-state index contributed by atoms with van der Waals surface area (Å²) >= 11 is 0. The van der Waals surface area contributed by atoms with Crippen LogP contribution in [0.25, 0.3) is 0 Å². The minimum absolute atomic E-state index is 0. The first-order chi connectivity index (χ1) is 7.27. The molecule has 1 radical (unpaired) electrons. The van der Waals surface area contributed by atoms with E-state index in [0.29, 0.717) is 0 Å². The zero-order chi connectivity index (χ0) is 13.3. The SMILES string of the molecule is CC(=O)O.O=CC(O)C(O)C(O)C(O)CO.[K]. The van der Waals surface area contributed by atoms with Crippen LogP contribution in [-0.2, 0) is 9.59 Å². The van der Waals surface area contributed by atoms with Crippen LogP contribution in [0, 0.1) is 0 Å². The first-order valence-electron chi connectivity index (χ1n) is 4.25. The molecular formula is C8H16KO8. The molecule has 0 rings (SSSR count). The number of carbonyl (C=O) groups is 2. The zero-order valence-corrected chi connectivity index (χ0v) is 12.7. The van der Waals surface area contributed by atoms with E-state index in [-0.39, 0.29) is 57.7 Å². The summed E-state index contributed by atoms with van der Waals surface area (Å²) in [6.45, 7) is 0.323. The first-order valence-corrected chi connectivity index (χ1v) is 4.25. The average Bonchev–Trinajstić information content (AvgIpc) is 2.24. The summed E-state index contributed by atoms with van der Waals surface area (Å²) < 4.78 is 0. The predicted octanol–water partition coefficient (Wildman–Crippen LogP) is -3.67. The molecule has 0 fully saturated rings. The summed E-state index contributed by atoms with van der Waals surface area (Å²) in [6.07, 6.45) is -6.84. The van der Waals surface area contributed by atoms with Crippen LogP contribution in [0.3, 0.4) is 0 Å². The summed E-state index contributed by atoms with van der Waals surface area (Å²) in [7, 11) is 0. The van der Waals surface area contributed by atoms with Gasteiger partial charge in [-0.2, -0.15) is 0 Å². The van der Waals surface area contributed by atoms with Crippen LogP contribution in [0.4, 0.5) is 0 Å². The molecular weight excluding hydrogens is 263 g/mol. The van der Waals surface area contributed by atoms with Gasteiger partial charge in [0.2, 0.25) is 0 Å². The Morgan fingerprint density at radius 1 is 1.18 bits per heavy atom. The Kier molecular flexibility index (Phi) is 17.4. The molecule has 4 unspecified atom stereocenters. The molecule has 97 valence electrons. The van der Waals surface area contributed by atoms with E-state index in [2.05, 4.69) is 0 Å². The van der Waals surface area contributed by atoms with Crippen molar-refractivity contribution in [2.45, 2.75) is 31.3 Å². The molecule has 0 saturated carbocycles. The van der Waals surface area contributed by atoms with E-state index in [1.807, 2.05) is 0 Å². The molecule has 0 aliphatic carbocycles. The fraction of sp³-hybridized carbons (Fsp3) is 0.750. The van der Waals surface area contributed by atoms with Crippen LogP contribution in [0.1, 0.15) is 6.92 Å². The van der Waals surface area contributed by atoms with Gasteiger partial charge in [0.15, 0.2) is 6.29 Å². The van der Waals surface area contributed by atoms with Crippen LogP contribution < -0.4 is 0 Å². The standard InChI is InChI=1S/C6H12O6.C2H4O2.K/c7-1-3(9)5(11)6(12)4(10)2-8;1-2(3)4;/h1,3-6,8-12H,2H2;1H3,(H,3,4);. The third kappa shape index (κ3) is 12.8. The topological polar surface area (TPSA) is 156 Å². The van der Waals surface area contributed by atoms with Gasteiger partial charge in [-0.25, -0.2) is 0 Å². The normalized spacial score (nSPS) is 16.4. The summed E-state index contributed by atoms with van der Waals surface area (Å²) in [5.74, 6) is -0.833. The second kappa shape index (κ2) is 13.0. The van der Waals surface area contributed by atoms with Gasteiger partial charge in [-0.1, -0.05) is 0 Å². The van der Waals surface area contributed by atoms with E-state index < -0.39 is 37.0 Å². The quantitative estimate of drug-likeness (QED) is 0.222. The van der Waals surface area contributed by atoms with Crippen molar-refractivity contribution in [3.63, 3.8) is 0 Å². The van der Waals surface area contributed by atoms with Crippen molar-refractivity contribution in [2.24, 2.45) is 0 Å². The maximum absolute atomic E-state index is 9.90. The van der Waals surface area contributed by atoms with Crippen molar-refractivity contribution < 1.29 is 40.2 Å². The summed E-state index contributed by atoms with van der Waals surface area (Å²) in [5, 5.41) is 51.0. The van der Waals surface area contributed by atoms with Crippen LogP contribution in [0.2, 0.25) is 0 Å². The minimum atomic E-state index is -1.79. The Balaban J connectivity index is -0.000000340. The molecule has 9 heteroatoms. The van der Waals surface area contributed by atoms with E-state index in [9.17, 15) is 4.79 Å². The smallest absolute Gasteiger partial charge is 0.300 e. The Labute approximate surface area is 140 Å². The van der Waals surface area contributed by atoms with Crippen molar-refractivity contribution in [2.75, 3.05) is 6.61 Å². The predicted molar refractivity (Wildman–Crippen MR) is 56.2 cm³/mol. The van der Waals surface area contributed by atoms with E-state index in [0.717, 1.165) is 6.92 Å². The van der Waals surface area contributed by atoms with Crippen molar-refractivity contribution >= 4 is 63.6 Å². The second-order valence-corrected chi connectivity index (χ2v) is 2.88. The molecule has 0 heterocycles. The number of aliphatic hydroxyl groups is 5. The molecule has 0 bridgehead atoms. The van der Waals surface area contributed by atoms with Gasteiger partial charge in [-0.15, -0.1) is 0 Å².